The first-order chi connectivity index (χ1) is 7.99. The van der Waals surface area contributed by atoms with Gasteiger partial charge in [-0.05, 0) is 22.0 Å². The lowest BCUT2D eigenvalue weighted by Crippen LogP contribution is -2.08. The molecule has 1 aromatic heterocycles. The summed E-state index contributed by atoms with van der Waals surface area (Å²) in [7, 11) is 1.20. The minimum absolute atomic E-state index is 0.0208. The lowest BCUT2D eigenvalue weighted by molar-refractivity contribution is -0.139. The molecule has 0 saturated carbocycles. The number of rotatable bonds is 3. The van der Waals surface area contributed by atoms with Crippen molar-refractivity contribution < 1.29 is 18.3 Å². The second kappa shape index (κ2) is 5.68. The quantitative estimate of drug-likeness (QED) is 0.635. The smallest absolute Gasteiger partial charge is 0.310 e. The van der Waals surface area contributed by atoms with E-state index in [1.165, 1.54) is 7.11 Å². The van der Waals surface area contributed by atoms with Crippen molar-refractivity contribution in [2.75, 3.05) is 7.11 Å². The van der Waals surface area contributed by atoms with Crippen LogP contribution in [0, 0.1) is 11.3 Å². The molecule has 1 heterocycles. The van der Waals surface area contributed by atoms with E-state index in [-0.39, 0.29) is 22.2 Å². The number of hydrogen-bond donors (Lipinski definition) is 0. The predicted molar refractivity (Wildman–Crippen MR) is 57.3 cm³/mol. The molecular formula is C10H7BrF2N2O2. The van der Waals surface area contributed by atoms with E-state index in [4.69, 9.17) is 5.26 Å². The van der Waals surface area contributed by atoms with Gasteiger partial charge in [-0.1, -0.05) is 0 Å². The van der Waals surface area contributed by atoms with Crippen LogP contribution in [0.2, 0.25) is 0 Å². The molecule has 0 aromatic carbocycles. The van der Waals surface area contributed by atoms with Gasteiger partial charge in [-0.2, -0.15) is 5.26 Å². The van der Waals surface area contributed by atoms with Crippen molar-refractivity contribution in [3.8, 4) is 6.07 Å². The second-order valence-electron chi connectivity index (χ2n) is 3.03. The normalized spacial score (nSPS) is 10.1. The van der Waals surface area contributed by atoms with E-state index in [9.17, 15) is 13.6 Å². The highest BCUT2D eigenvalue weighted by molar-refractivity contribution is 9.10. The van der Waals surface area contributed by atoms with Gasteiger partial charge < -0.3 is 4.74 Å². The summed E-state index contributed by atoms with van der Waals surface area (Å²) < 4.78 is 29.4. The van der Waals surface area contributed by atoms with Gasteiger partial charge in [0.1, 0.15) is 10.3 Å². The van der Waals surface area contributed by atoms with Gasteiger partial charge in [-0.25, -0.2) is 13.8 Å². The Labute approximate surface area is 104 Å². The van der Waals surface area contributed by atoms with Gasteiger partial charge >= 0.3 is 5.97 Å². The molecule has 0 atom stereocenters. The minimum atomic E-state index is -2.77. The summed E-state index contributed by atoms with van der Waals surface area (Å²) in [5.41, 5.74) is -0.293. The lowest BCUT2D eigenvalue weighted by atomic mass is 10.1. The van der Waals surface area contributed by atoms with Crippen LogP contribution >= 0.6 is 15.9 Å². The van der Waals surface area contributed by atoms with Gasteiger partial charge in [0, 0.05) is 5.56 Å². The van der Waals surface area contributed by atoms with Crippen molar-refractivity contribution in [1.29, 1.82) is 5.26 Å². The average molecular weight is 305 g/mol. The molecule has 0 bridgehead atoms. The van der Waals surface area contributed by atoms with Gasteiger partial charge in [0.2, 0.25) is 0 Å². The maximum Gasteiger partial charge on any atom is 0.310 e. The summed E-state index contributed by atoms with van der Waals surface area (Å²) in [6.07, 6.45) is -2.97. The Bertz CT molecular complexity index is 486. The van der Waals surface area contributed by atoms with Crippen LogP contribution in [0.1, 0.15) is 23.2 Å². The molecule has 0 spiro atoms. The maximum atomic E-state index is 12.4. The summed E-state index contributed by atoms with van der Waals surface area (Å²) in [6.45, 7) is 0. The number of halogens is 3. The zero-order valence-corrected chi connectivity index (χ0v) is 10.3. The number of alkyl halides is 2. The van der Waals surface area contributed by atoms with Crippen molar-refractivity contribution in [2.24, 2.45) is 0 Å². The molecule has 17 heavy (non-hydrogen) atoms. The Morgan fingerprint density at radius 1 is 1.71 bits per heavy atom. The molecule has 0 aliphatic rings. The molecule has 90 valence electrons. The fourth-order valence-corrected chi connectivity index (χ4v) is 1.71. The van der Waals surface area contributed by atoms with E-state index in [1.807, 2.05) is 0 Å². The molecular weight excluding hydrogens is 298 g/mol. The minimum Gasteiger partial charge on any atom is -0.469 e. The average Bonchev–Trinajstić information content (AvgIpc) is 2.30. The summed E-state index contributed by atoms with van der Waals surface area (Å²) >= 11 is 2.96. The molecule has 0 saturated heterocycles. The maximum absolute atomic E-state index is 12.4. The molecule has 1 aromatic rings. The van der Waals surface area contributed by atoms with Crippen molar-refractivity contribution in [1.82, 2.24) is 4.98 Å². The van der Waals surface area contributed by atoms with E-state index in [1.54, 1.807) is 6.07 Å². The van der Waals surface area contributed by atoms with Gasteiger partial charge in [0.05, 0.1) is 25.2 Å². The lowest BCUT2D eigenvalue weighted by Gasteiger charge is -2.07. The zero-order chi connectivity index (χ0) is 13.0. The van der Waals surface area contributed by atoms with E-state index in [0.717, 1.165) is 6.07 Å². The van der Waals surface area contributed by atoms with E-state index >= 15 is 0 Å². The van der Waals surface area contributed by atoms with Crippen molar-refractivity contribution in [2.45, 2.75) is 12.8 Å². The fourth-order valence-electron chi connectivity index (χ4n) is 1.16. The van der Waals surface area contributed by atoms with E-state index < -0.39 is 18.1 Å². The largest absolute Gasteiger partial charge is 0.469 e. The number of methoxy groups -OCH3 is 1. The Morgan fingerprint density at radius 3 is 2.82 bits per heavy atom. The Balaban J connectivity index is 3.22. The van der Waals surface area contributed by atoms with Crippen LogP contribution in [0.5, 0.6) is 0 Å². The first kappa shape index (κ1) is 13.5. The van der Waals surface area contributed by atoms with Crippen LogP contribution in [0.4, 0.5) is 8.78 Å². The molecule has 0 radical (unpaired) electrons. The van der Waals surface area contributed by atoms with E-state index in [2.05, 4.69) is 25.7 Å². The number of esters is 1. The van der Waals surface area contributed by atoms with Gasteiger partial charge in [-0.15, -0.1) is 0 Å². The molecule has 0 N–H and O–H groups in total. The first-order valence-electron chi connectivity index (χ1n) is 4.44. The number of ether oxygens (including phenoxy) is 1. The highest BCUT2D eigenvalue weighted by atomic mass is 79.9. The van der Waals surface area contributed by atoms with Gasteiger partial charge in [0.15, 0.2) is 0 Å². The molecule has 4 nitrogen and oxygen atoms in total. The van der Waals surface area contributed by atoms with Crippen molar-refractivity contribution >= 4 is 21.9 Å². The summed E-state index contributed by atoms with van der Waals surface area (Å²) in [5, 5.41) is 8.84. The third-order valence-corrected chi connectivity index (χ3v) is 2.64. The van der Waals surface area contributed by atoms with Gasteiger partial charge in [0.25, 0.3) is 6.43 Å². The third-order valence-electron chi connectivity index (χ3n) is 1.99. The number of nitriles is 1. The SMILES string of the molecule is COC(=O)Cc1c(C#N)cc(C(F)F)nc1Br. The molecule has 7 heteroatoms. The zero-order valence-electron chi connectivity index (χ0n) is 8.71. The van der Waals surface area contributed by atoms with Crippen LogP contribution in [0.15, 0.2) is 10.7 Å². The summed E-state index contributed by atoms with van der Waals surface area (Å²) in [5.74, 6) is -0.575. The highest BCUT2D eigenvalue weighted by Gasteiger charge is 2.18. The number of aromatic nitrogens is 1. The van der Waals surface area contributed by atoms with Crippen LogP contribution in [0.25, 0.3) is 0 Å². The Hall–Kier alpha value is -1.55. The van der Waals surface area contributed by atoms with Crippen molar-refractivity contribution in [3.05, 3.63) is 27.5 Å². The van der Waals surface area contributed by atoms with Crippen LogP contribution in [-0.4, -0.2) is 18.1 Å². The standard InChI is InChI=1S/C10H7BrF2N2O2/c1-17-8(16)3-6-5(4-14)2-7(10(12)13)15-9(6)11/h2,10H,3H2,1H3. The number of nitrogens with zero attached hydrogens (tertiary/aromatic N) is 2. The van der Waals surface area contributed by atoms with Crippen LogP contribution in [0.3, 0.4) is 0 Å². The molecule has 0 aliphatic carbocycles. The highest BCUT2D eigenvalue weighted by Crippen LogP contribution is 2.25. The predicted octanol–water partition coefficient (Wildman–Crippen LogP) is 2.37. The van der Waals surface area contributed by atoms with Crippen LogP contribution in [-0.2, 0) is 16.0 Å². The molecule has 0 unspecified atom stereocenters. The number of hydrogen-bond acceptors (Lipinski definition) is 4. The van der Waals surface area contributed by atoms with E-state index in [0.29, 0.717) is 0 Å². The monoisotopic (exact) mass is 304 g/mol. The van der Waals surface area contributed by atoms with Crippen LogP contribution < -0.4 is 0 Å². The van der Waals surface area contributed by atoms with Gasteiger partial charge in [-0.3, -0.25) is 4.79 Å². The number of carbonyl (C=O) groups excluding carboxylic acids is 1. The number of pyridine rings is 1. The molecule has 0 aliphatic heterocycles. The summed E-state index contributed by atoms with van der Waals surface area (Å²) in [6, 6.07) is 2.72. The topological polar surface area (TPSA) is 63.0 Å². The Morgan fingerprint density at radius 2 is 2.35 bits per heavy atom. The number of carbonyl (C=O) groups is 1. The second-order valence-corrected chi connectivity index (χ2v) is 3.78. The Kier molecular flexibility index (Phi) is 4.52. The fraction of sp³-hybridized carbons (Fsp3) is 0.300. The third kappa shape index (κ3) is 3.20. The van der Waals surface area contributed by atoms with Crippen molar-refractivity contribution in [3.63, 3.8) is 0 Å². The molecule has 1 rings (SSSR count). The first-order valence-corrected chi connectivity index (χ1v) is 5.23. The molecule has 0 fully saturated rings. The molecule has 0 amide bonds. The summed E-state index contributed by atoms with van der Waals surface area (Å²) in [4.78, 5) is 14.7.